The average molecular weight is 393 g/mol. The van der Waals surface area contributed by atoms with E-state index in [1.54, 1.807) is 12.1 Å². The van der Waals surface area contributed by atoms with E-state index >= 15 is 0 Å². The highest BCUT2D eigenvalue weighted by Crippen LogP contribution is 2.14. The van der Waals surface area contributed by atoms with E-state index in [1.807, 2.05) is 0 Å². The van der Waals surface area contributed by atoms with Crippen molar-refractivity contribution in [1.82, 2.24) is 9.62 Å². The third kappa shape index (κ3) is 6.12. The van der Waals surface area contributed by atoms with Crippen LogP contribution in [0.15, 0.2) is 33.6 Å². The minimum Gasteiger partial charge on any atom is -0.481 e. The van der Waals surface area contributed by atoms with Gasteiger partial charge in [-0.1, -0.05) is 15.9 Å². The molecule has 0 saturated carbocycles. The van der Waals surface area contributed by atoms with E-state index in [4.69, 9.17) is 5.11 Å². The fourth-order valence-electron chi connectivity index (χ4n) is 1.57. The fourth-order valence-corrected chi connectivity index (χ4v) is 2.86. The van der Waals surface area contributed by atoms with Crippen molar-refractivity contribution in [3.63, 3.8) is 0 Å². The van der Waals surface area contributed by atoms with Crippen LogP contribution in [-0.4, -0.2) is 50.4 Å². The van der Waals surface area contributed by atoms with Gasteiger partial charge >= 0.3 is 5.97 Å². The molecule has 9 heteroatoms. The van der Waals surface area contributed by atoms with Gasteiger partial charge in [0, 0.05) is 31.0 Å². The summed E-state index contributed by atoms with van der Waals surface area (Å²) >= 11 is 3.22. The lowest BCUT2D eigenvalue weighted by Crippen LogP contribution is -2.33. The Morgan fingerprint density at radius 1 is 1.23 bits per heavy atom. The summed E-state index contributed by atoms with van der Waals surface area (Å²) in [6, 6.07) is 6.12. The quantitative estimate of drug-likeness (QED) is 0.687. The molecule has 0 radical (unpaired) electrons. The summed E-state index contributed by atoms with van der Waals surface area (Å²) in [5.41, 5.74) is 0. The number of hydrogen-bond donors (Lipinski definition) is 2. The highest BCUT2D eigenvalue weighted by molar-refractivity contribution is 9.10. The van der Waals surface area contributed by atoms with E-state index in [0.717, 1.165) is 4.47 Å². The molecule has 1 aromatic carbocycles. The second-order valence-electron chi connectivity index (χ2n) is 4.56. The summed E-state index contributed by atoms with van der Waals surface area (Å²) in [6.07, 6.45) is -0.182. The third-order valence-corrected chi connectivity index (χ3v) is 4.85. The van der Waals surface area contributed by atoms with E-state index in [9.17, 15) is 18.0 Å². The van der Waals surface area contributed by atoms with Crippen LogP contribution in [0.5, 0.6) is 0 Å². The molecule has 0 bridgehead atoms. The SMILES string of the molecule is CN(CCC(=O)O)C(=O)CCNS(=O)(=O)c1ccc(Br)cc1. The van der Waals surface area contributed by atoms with E-state index in [-0.39, 0.29) is 36.7 Å². The van der Waals surface area contributed by atoms with Crippen molar-refractivity contribution in [3.8, 4) is 0 Å². The van der Waals surface area contributed by atoms with E-state index in [0.29, 0.717) is 0 Å². The number of halogens is 1. The van der Waals surface area contributed by atoms with Gasteiger partial charge in [-0.25, -0.2) is 13.1 Å². The molecule has 1 aromatic rings. The Morgan fingerprint density at radius 3 is 2.36 bits per heavy atom. The van der Waals surface area contributed by atoms with Crippen LogP contribution >= 0.6 is 15.9 Å². The molecule has 0 aliphatic rings. The lowest BCUT2D eigenvalue weighted by Gasteiger charge is -2.16. The first-order chi connectivity index (χ1) is 10.2. The van der Waals surface area contributed by atoms with Gasteiger partial charge in [-0.2, -0.15) is 0 Å². The Hall–Kier alpha value is -1.45. The number of nitrogens with zero attached hydrogens (tertiary/aromatic N) is 1. The molecule has 122 valence electrons. The standard InChI is InChI=1S/C13H17BrN2O5S/c1-16(9-7-13(18)19)12(17)6-8-15-22(20,21)11-4-2-10(14)3-5-11/h2-5,15H,6-9H2,1H3,(H,18,19). The van der Waals surface area contributed by atoms with Crippen LogP contribution in [0.1, 0.15) is 12.8 Å². The van der Waals surface area contributed by atoms with Crippen molar-refractivity contribution in [2.75, 3.05) is 20.1 Å². The zero-order valence-electron chi connectivity index (χ0n) is 12.0. The average Bonchev–Trinajstić information content (AvgIpc) is 2.44. The molecule has 0 aliphatic carbocycles. The summed E-state index contributed by atoms with van der Waals surface area (Å²) in [6.45, 7) is 0.0439. The normalized spacial score (nSPS) is 11.2. The number of carboxylic acid groups (broad SMARTS) is 1. The van der Waals surface area contributed by atoms with Crippen molar-refractivity contribution in [3.05, 3.63) is 28.7 Å². The first kappa shape index (κ1) is 18.6. The van der Waals surface area contributed by atoms with Crippen LogP contribution in [0.3, 0.4) is 0 Å². The van der Waals surface area contributed by atoms with Crippen molar-refractivity contribution in [2.45, 2.75) is 17.7 Å². The predicted octanol–water partition coefficient (Wildman–Crippen LogP) is 1.05. The lowest BCUT2D eigenvalue weighted by atomic mass is 10.3. The summed E-state index contributed by atoms with van der Waals surface area (Å²) in [5.74, 6) is -1.31. The summed E-state index contributed by atoms with van der Waals surface area (Å²) in [5, 5.41) is 8.54. The number of carbonyl (C=O) groups excluding carboxylic acids is 1. The largest absolute Gasteiger partial charge is 0.481 e. The van der Waals surface area contributed by atoms with E-state index in [1.165, 1.54) is 24.1 Å². The maximum atomic E-state index is 12.0. The summed E-state index contributed by atoms with van der Waals surface area (Å²) in [4.78, 5) is 23.5. The van der Waals surface area contributed by atoms with Gasteiger partial charge in [0.2, 0.25) is 15.9 Å². The Morgan fingerprint density at radius 2 is 1.82 bits per heavy atom. The molecule has 0 saturated heterocycles. The van der Waals surface area contributed by atoms with Crippen LogP contribution in [0.2, 0.25) is 0 Å². The number of sulfonamides is 1. The van der Waals surface area contributed by atoms with Crippen LogP contribution in [0.25, 0.3) is 0 Å². The molecule has 0 aromatic heterocycles. The Balaban J connectivity index is 2.47. The topological polar surface area (TPSA) is 104 Å². The fraction of sp³-hybridized carbons (Fsp3) is 0.385. The molecule has 0 unspecified atom stereocenters. The Labute approximate surface area is 137 Å². The number of carbonyl (C=O) groups is 2. The molecular weight excluding hydrogens is 376 g/mol. The second-order valence-corrected chi connectivity index (χ2v) is 7.24. The van der Waals surface area contributed by atoms with Gasteiger partial charge in [-0.3, -0.25) is 9.59 Å². The van der Waals surface area contributed by atoms with Gasteiger partial charge in [-0.05, 0) is 24.3 Å². The molecular formula is C13H17BrN2O5S. The Bertz CT molecular complexity index is 630. The van der Waals surface area contributed by atoms with Crippen molar-refractivity contribution in [1.29, 1.82) is 0 Å². The van der Waals surface area contributed by atoms with Gasteiger partial charge < -0.3 is 10.0 Å². The highest BCUT2D eigenvalue weighted by atomic mass is 79.9. The van der Waals surface area contributed by atoms with Crippen LogP contribution in [0.4, 0.5) is 0 Å². The second kappa shape index (κ2) is 8.25. The molecule has 0 aliphatic heterocycles. The zero-order valence-corrected chi connectivity index (χ0v) is 14.4. The molecule has 0 fully saturated rings. The molecule has 2 N–H and O–H groups in total. The van der Waals surface area contributed by atoms with Gasteiger partial charge in [0.05, 0.1) is 11.3 Å². The van der Waals surface area contributed by atoms with Crippen molar-refractivity contribution < 1.29 is 23.1 Å². The number of carboxylic acids is 1. The van der Waals surface area contributed by atoms with E-state index in [2.05, 4.69) is 20.7 Å². The highest BCUT2D eigenvalue weighted by Gasteiger charge is 2.15. The number of aliphatic carboxylic acids is 1. The molecule has 0 heterocycles. The first-order valence-corrected chi connectivity index (χ1v) is 8.71. The van der Waals surface area contributed by atoms with Crippen molar-refractivity contribution >= 4 is 37.8 Å². The summed E-state index contributed by atoms with van der Waals surface area (Å²) in [7, 11) is -2.18. The molecule has 1 amide bonds. The van der Waals surface area contributed by atoms with E-state index < -0.39 is 16.0 Å². The van der Waals surface area contributed by atoms with Crippen LogP contribution < -0.4 is 4.72 Å². The van der Waals surface area contributed by atoms with Crippen LogP contribution in [-0.2, 0) is 19.6 Å². The number of nitrogens with one attached hydrogen (secondary N) is 1. The number of rotatable bonds is 8. The van der Waals surface area contributed by atoms with Gasteiger partial charge in [0.1, 0.15) is 0 Å². The molecule has 7 nitrogen and oxygen atoms in total. The first-order valence-electron chi connectivity index (χ1n) is 6.43. The third-order valence-electron chi connectivity index (χ3n) is 2.84. The number of benzene rings is 1. The minimum absolute atomic E-state index is 0.0358. The lowest BCUT2D eigenvalue weighted by molar-refractivity contribution is -0.138. The van der Waals surface area contributed by atoms with Gasteiger partial charge in [-0.15, -0.1) is 0 Å². The molecule has 1 rings (SSSR count). The Kier molecular flexibility index (Phi) is 6.98. The maximum Gasteiger partial charge on any atom is 0.305 e. The molecule has 0 spiro atoms. The van der Waals surface area contributed by atoms with Crippen LogP contribution in [0, 0.1) is 0 Å². The van der Waals surface area contributed by atoms with Crippen molar-refractivity contribution in [2.24, 2.45) is 0 Å². The minimum atomic E-state index is -3.66. The maximum absolute atomic E-state index is 12.0. The smallest absolute Gasteiger partial charge is 0.305 e. The number of hydrogen-bond acceptors (Lipinski definition) is 4. The van der Waals surface area contributed by atoms with Gasteiger partial charge in [0.15, 0.2) is 0 Å². The van der Waals surface area contributed by atoms with Gasteiger partial charge in [0.25, 0.3) is 0 Å². The molecule has 22 heavy (non-hydrogen) atoms. The number of amides is 1. The predicted molar refractivity (Wildman–Crippen MR) is 83.8 cm³/mol. The summed E-state index contributed by atoms with van der Waals surface area (Å²) < 4.78 is 27.1. The molecule has 0 atom stereocenters. The zero-order chi connectivity index (χ0) is 16.8. The monoisotopic (exact) mass is 392 g/mol.